The van der Waals surface area contributed by atoms with E-state index in [2.05, 4.69) is 33.1 Å². The van der Waals surface area contributed by atoms with Gasteiger partial charge in [-0.3, -0.25) is 0 Å². The molecule has 90 valence electrons. The number of rotatable bonds is 1. The molecule has 1 nitrogen and oxygen atoms in total. The Bertz CT molecular complexity index is 286. The Labute approximate surface area is 99.6 Å². The molecule has 1 aliphatic carbocycles. The maximum absolute atomic E-state index is 9.85. The summed E-state index contributed by atoms with van der Waals surface area (Å²) >= 11 is 0. The minimum atomic E-state index is -0.404. The molecule has 1 rings (SSSR count). The van der Waals surface area contributed by atoms with Crippen LogP contribution < -0.4 is 0 Å². The molecular weight excluding hydrogens is 196 g/mol. The molecule has 0 aromatic heterocycles. The minimum absolute atomic E-state index is 0.404. The van der Waals surface area contributed by atoms with Crippen LogP contribution in [0.1, 0.15) is 39.5 Å². The van der Waals surface area contributed by atoms with Crippen molar-refractivity contribution in [2.45, 2.75) is 45.6 Å². The third-order valence-corrected chi connectivity index (χ3v) is 3.44. The zero-order valence-corrected chi connectivity index (χ0v) is 10.6. The minimum Gasteiger partial charge on any atom is -0.388 e. The standard InChI is InChI=1S/C15H24O/c1-11(2)14-8-5-12(3)6-10-15(16)13(4)7-9-14/h7,9,11,14-16H,3-6,8,10H2,1-2H3/b9-7+/t14-,15+/m1/s1. The topological polar surface area (TPSA) is 20.2 Å². The van der Waals surface area contributed by atoms with Crippen LogP contribution in [0.4, 0.5) is 0 Å². The van der Waals surface area contributed by atoms with Crippen molar-refractivity contribution < 1.29 is 5.11 Å². The van der Waals surface area contributed by atoms with Crippen molar-refractivity contribution in [1.29, 1.82) is 0 Å². The highest BCUT2D eigenvalue weighted by atomic mass is 16.3. The number of aliphatic hydroxyl groups excluding tert-OH is 1. The average Bonchev–Trinajstić information content (AvgIpc) is 2.23. The largest absolute Gasteiger partial charge is 0.388 e. The van der Waals surface area contributed by atoms with Gasteiger partial charge in [-0.05, 0) is 43.1 Å². The van der Waals surface area contributed by atoms with Crippen LogP contribution in [0.2, 0.25) is 0 Å². The third kappa shape index (κ3) is 3.97. The molecule has 1 N–H and O–H groups in total. The van der Waals surface area contributed by atoms with Crippen molar-refractivity contribution >= 4 is 0 Å². The monoisotopic (exact) mass is 220 g/mol. The van der Waals surface area contributed by atoms with Crippen molar-refractivity contribution in [2.75, 3.05) is 0 Å². The van der Waals surface area contributed by atoms with Crippen LogP contribution in [0.25, 0.3) is 0 Å². The predicted octanol–water partition coefficient (Wildman–Crippen LogP) is 3.86. The van der Waals surface area contributed by atoms with Crippen LogP contribution in [0.3, 0.4) is 0 Å². The molecule has 0 spiro atoms. The van der Waals surface area contributed by atoms with Gasteiger partial charge in [-0.1, -0.05) is 44.7 Å². The lowest BCUT2D eigenvalue weighted by Gasteiger charge is -2.21. The van der Waals surface area contributed by atoms with E-state index in [0.29, 0.717) is 11.8 Å². The zero-order chi connectivity index (χ0) is 12.1. The number of allylic oxidation sites excluding steroid dienone is 2. The molecule has 0 aromatic rings. The first kappa shape index (κ1) is 13.2. The van der Waals surface area contributed by atoms with Crippen molar-refractivity contribution in [3.63, 3.8) is 0 Å². The van der Waals surface area contributed by atoms with Gasteiger partial charge in [0.2, 0.25) is 0 Å². The fourth-order valence-electron chi connectivity index (χ4n) is 2.03. The summed E-state index contributed by atoms with van der Waals surface area (Å²) in [5.41, 5.74) is 2.09. The van der Waals surface area contributed by atoms with Gasteiger partial charge < -0.3 is 5.11 Å². The molecular formula is C15H24O. The van der Waals surface area contributed by atoms with E-state index in [-0.39, 0.29) is 0 Å². The van der Waals surface area contributed by atoms with Gasteiger partial charge in [-0.25, -0.2) is 0 Å². The molecule has 0 heterocycles. The Kier molecular flexibility index (Phi) is 5.01. The second-order valence-corrected chi connectivity index (χ2v) is 5.19. The zero-order valence-electron chi connectivity index (χ0n) is 10.6. The second-order valence-electron chi connectivity index (χ2n) is 5.19. The molecule has 0 aliphatic heterocycles. The molecule has 1 heteroatoms. The summed E-state index contributed by atoms with van der Waals surface area (Å²) < 4.78 is 0. The lowest BCUT2D eigenvalue weighted by Crippen LogP contribution is -2.12. The summed E-state index contributed by atoms with van der Waals surface area (Å²) in [5.74, 6) is 1.20. The van der Waals surface area contributed by atoms with E-state index in [0.717, 1.165) is 31.3 Å². The molecule has 0 saturated heterocycles. The molecule has 2 atom stereocenters. The maximum Gasteiger partial charge on any atom is 0.0787 e. The first-order valence-electron chi connectivity index (χ1n) is 6.22. The van der Waals surface area contributed by atoms with E-state index in [1.165, 1.54) is 5.57 Å². The van der Waals surface area contributed by atoms with E-state index < -0.39 is 6.10 Å². The molecule has 0 saturated carbocycles. The van der Waals surface area contributed by atoms with Gasteiger partial charge in [-0.2, -0.15) is 0 Å². The van der Waals surface area contributed by atoms with E-state index in [1.807, 2.05) is 6.08 Å². The van der Waals surface area contributed by atoms with Gasteiger partial charge in [0.05, 0.1) is 6.10 Å². The highest BCUT2D eigenvalue weighted by Gasteiger charge is 2.14. The summed E-state index contributed by atoms with van der Waals surface area (Å²) in [4.78, 5) is 0. The molecule has 0 radical (unpaired) electrons. The van der Waals surface area contributed by atoms with E-state index in [9.17, 15) is 5.11 Å². The molecule has 0 aromatic carbocycles. The Morgan fingerprint density at radius 2 is 1.88 bits per heavy atom. The van der Waals surface area contributed by atoms with Crippen LogP contribution in [0.5, 0.6) is 0 Å². The summed E-state index contributed by atoms with van der Waals surface area (Å²) in [6.45, 7) is 12.5. The van der Waals surface area contributed by atoms with Crippen molar-refractivity contribution in [3.8, 4) is 0 Å². The molecule has 0 fully saturated rings. The van der Waals surface area contributed by atoms with E-state index in [4.69, 9.17) is 0 Å². The summed E-state index contributed by atoms with van der Waals surface area (Å²) in [5, 5.41) is 9.85. The molecule has 0 unspecified atom stereocenters. The van der Waals surface area contributed by atoms with Crippen molar-refractivity contribution in [3.05, 3.63) is 36.5 Å². The van der Waals surface area contributed by atoms with Gasteiger partial charge in [0.1, 0.15) is 0 Å². The first-order chi connectivity index (χ1) is 7.50. The Morgan fingerprint density at radius 1 is 1.25 bits per heavy atom. The quantitative estimate of drug-likeness (QED) is 0.665. The second kappa shape index (κ2) is 6.05. The van der Waals surface area contributed by atoms with Crippen molar-refractivity contribution in [2.24, 2.45) is 11.8 Å². The highest BCUT2D eigenvalue weighted by molar-refractivity contribution is 5.21. The van der Waals surface area contributed by atoms with Crippen LogP contribution in [-0.4, -0.2) is 11.2 Å². The highest BCUT2D eigenvalue weighted by Crippen LogP contribution is 2.25. The Hall–Kier alpha value is -0.820. The Morgan fingerprint density at radius 3 is 2.50 bits per heavy atom. The summed E-state index contributed by atoms with van der Waals surface area (Å²) in [6, 6.07) is 0. The Balaban J connectivity index is 2.77. The van der Waals surface area contributed by atoms with Crippen molar-refractivity contribution in [1.82, 2.24) is 0 Å². The summed E-state index contributed by atoms with van der Waals surface area (Å²) in [6.07, 6.45) is 7.72. The van der Waals surface area contributed by atoms with Gasteiger partial charge >= 0.3 is 0 Å². The van der Waals surface area contributed by atoms with E-state index in [1.54, 1.807) is 0 Å². The number of aliphatic hydroxyl groups is 1. The summed E-state index contributed by atoms with van der Waals surface area (Å²) in [7, 11) is 0. The number of hydrogen-bond acceptors (Lipinski definition) is 1. The SMILES string of the molecule is C=C1CC[C@H](O)C(=C)/C=C/[C@H](C(C)C)CC1. The molecule has 1 aliphatic rings. The fourth-order valence-corrected chi connectivity index (χ4v) is 2.03. The smallest absolute Gasteiger partial charge is 0.0787 e. The molecule has 0 amide bonds. The van der Waals surface area contributed by atoms with Gasteiger partial charge in [0.25, 0.3) is 0 Å². The average molecular weight is 220 g/mol. The first-order valence-corrected chi connectivity index (χ1v) is 6.22. The van der Waals surface area contributed by atoms with Crippen LogP contribution in [0, 0.1) is 11.8 Å². The van der Waals surface area contributed by atoms with Gasteiger partial charge in [0.15, 0.2) is 0 Å². The lowest BCUT2D eigenvalue weighted by molar-refractivity contribution is 0.203. The van der Waals surface area contributed by atoms with Gasteiger partial charge in [-0.15, -0.1) is 0 Å². The predicted molar refractivity (Wildman–Crippen MR) is 70.2 cm³/mol. The molecule has 0 bridgehead atoms. The number of hydrogen-bond donors (Lipinski definition) is 1. The fraction of sp³-hybridized carbons (Fsp3) is 0.600. The third-order valence-electron chi connectivity index (χ3n) is 3.44. The maximum atomic E-state index is 9.85. The van der Waals surface area contributed by atoms with E-state index >= 15 is 0 Å². The van der Waals surface area contributed by atoms with Crippen LogP contribution in [0.15, 0.2) is 36.5 Å². The normalized spacial score (nSPS) is 30.5. The van der Waals surface area contributed by atoms with Crippen LogP contribution >= 0.6 is 0 Å². The van der Waals surface area contributed by atoms with Gasteiger partial charge in [0, 0.05) is 0 Å². The van der Waals surface area contributed by atoms with Crippen LogP contribution in [-0.2, 0) is 0 Å². The lowest BCUT2D eigenvalue weighted by atomic mass is 9.86. The molecule has 16 heavy (non-hydrogen) atoms.